The van der Waals surface area contributed by atoms with E-state index in [-0.39, 0.29) is 0 Å². The van der Waals surface area contributed by atoms with E-state index in [1.165, 1.54) is 0 Å². The molecule has 84 valence electrons. The van der Waals surface area contributed by atoms with Crippen LogP contribution in [0, 0.1) is 0 Å². The fourth-order valence-corrected chi connectivity index (χ4v) is 2.72. The maximum absolute atomic E-state index is 11.4. The lowest BCUT2D eigenvalue weighted by atomic mass is 9.64. The molecule has 2 aliphatic rings. The zero-order chi connectivity index (χ0) is 11.2. The molecule has 0 unspecified atom stereocenters. The highest BCUT2D eigenvalue weighted by molar-refractivity contribution is 5.84. The third-order valence-corrected chi connectivity index (χ3v) is 3.85. The van der Waals surface area contributed by atoms with Gasteiger partial charge >= 0.3 is 5.97 Å². The van der Waals surface area contributed by atoms with E-state index in [9.17, 15) is 9.90 Å². The molecule has 0 atom stereocenters. The molecule has 0 radical (unpaired) electrons. The molecule has 1 aromatic carbocycles. The van der Waals surface area contributed by atoms with Crippen LogP contribution in [0.5, 0.6) is 5.75 Å². The lowest BCUT2D eigenvalue weighted by molar-refractivity contribution is -0.147. The molecule has 1 fully saturated rings. The summed E-state index contributed by atoms with van der Waals surface area (Å²) in [6.07, 6.45) is 3.37. The molecular weight excluding hydrogens is 204 g/mol. The molecule has 1 aromatic rings. The van der Waals surface area contributed by atoms with Crippen molar-refractivity contribution in [3.8, 4) is 5.75 Å². The Bertz CT molecular complexity index is 446. The summed E-state index contributed by atoms with van der Waals surface area (Å²) in [6.45, 7) is 0.683. The van der Waals surface area contributed by atoms with Crippen LogP contribution in [0.2, 0.25) is 0 Å². The summed E-state index contributed by atoms with van der Waals surface area (Å²) in [5, 5.41) is 9.41. The van der Waals surface area contributed by atoms with Gasteiger partial charge in [-0.25, -0.2) is 0 Å². The molecule has 3 nitrogen and oxygen atoms in total. The summed E-state index contributed by atoms with van der Waals surface area (Å²) in [5.41, 5.74) is 1.38. The minimum atomic E-state index is -0.706. The van der Waals surface area contributed by atoms with Crippen molar-refractivity contribution < 1.29 is 14.6 Å². The SMILES string of the molecule is O=C(O)C1(c2cccc3c2OCC3)CCC1. The normalized spacial score (nSPS) is 20.8. The highest BCUT2D eigenvalue weighted by Gasteiger charge is 2.48. The second-order valence-corrected chi connectivity index (χ2v) is 4.63. The van der Waals surface area contributed by atoms with Crippen LogP contribution in [0.15, 0.2) is 18.2 Å². The number of hydrogen-bond donors (Lipinski definition) is 1. The zero-order valence-corrected chi connectivity index (χ0v) is 9.03. The molecule has 0 aromatic heterocycles. The van der Waals surface area contributed by atoms with Gasteiger partial charge in [-0.2, -0.15) is 0 Å². The Labute approximate surface area is 94.0 Å². The molecule has 0 bridgehead atoms. The van der Waals surface area contributed by atoms with Gasteiger partial charge in [-0.15, -0.1) is 0 Å². The number of ether oxygens (including phenoxy) is 1. The van der Waals surface area contributed by atoms with Gasteiger partial charge in [0.25, 0.3) is 0 Å². The fraction of sp³-hybridized carbons (Fsp3) is 0.462. The maximum Gasteiger partial charge on any atom is 0.314 e. The first-order valence-electron chi connectivity index (χ1n) is 5.73. The molecular formula is C13H14O3. The standard InChI is InChI=1S/C13H14O3/c14-12(15)13(6-2-7-13)10-4-1-3-9-5-8-16-11(9)10/h1,3-4H,2,5-8H2,(H,14,15). The summed E-state index contributed by atoms with van der Waals surface area (Å²) in [7, 11) is 0. The summed E-state index contributed by atoms with van der Waals surface area (Å²) in [6, 6.07) is 5.89. The van der Waals surface area contributed by atoms with E-state index in [1.54, 1.807) is 0 Å². The smallest absolute Gasteiger partial charge is 0.314 e. The maximum atomic E-state index is 11.4. The van der Waals surface area contributed by atoms with E-state index >= 15 is 0 Å². The van der Waals surface area contributed by atoms with Crippen LogP contribution < -0.4 is 4.74 Å². The summed E-state index contributed by atoms with van der Waals surface area (Å²) < 4.78 is 5.60. The van der Waals surface area contributed by atoms with E-state index in [4.69, 9.17) is 4.74 Å². The van der Waals surface area contributed by atoms with Crippen LogP contribution in [0.25, 0.3) is 0 Å². The van der Waals surface area contributed by atoms with Crippen LogP contribution in [-0.2, 0) is 16.6 Å². The van der Waals surface area contributed by atoms with Crippen LogP contribution >= 0.6 is 0 Å². The molecule has 1 aliphatic heterocycles. The number of para-hydroxylation sites is 1. The van der Waals surface area contributed by atoms with Crippen molar-refractivity contribution >= 4 is 5.97 Å². The largest absolute Gasteiger partial charge is 0.493 e. The van der Waals surface area contributed by atoms with E-state index in [0.717, 1.165) is 42.6 Å². The number of carbonyl (C=O) groups is 1. The second-order valence-electron chi connectivity index (χ2n) is 4.63. The number of carboxylic acid groups (broad SMARTS) is 1. The number of carboxylic acids is 1. The van der Waals surface area contributed by atoms with Crippen LogP contribution in [0.4, 0.5) is 0 Å². The van der Waals surface area contributed by atoms with Gasteiger partial charge in [0, 0.05) is 12.0 Å². The van der Waals surface area contributed by atoms with Gasteiger partial charge in [0.1, 0.15) is 5.75 Å². The molecule has 0 saturated heterocycles. The fourth-order valence-electron chi connectivity index (χ4n) is 2.72. The molecule has 0 amide bonds. The van der Waals surface area contributed by atoms with Gasteiger partial charge in [-0.1, -0.05) is 24.6 Å². The second kappa shape index (κ2) is 3.24. The van der Waals surface area contributed by atoms with Crippen molar-refractivity contribution in [2.75, 3.05) is 6.61 Å². The van der Waals surface area contributed by atoms with Gasteiger partial charge in [-0.05, 0) is 18.4 Å². The molecule has 1 heterocycles. The van der Waals surface area contributed by atoms with E-state index in [0.29, 0.717) is 6.61 Å². The van der Waals surface area contributed by atoms with E-state index in [1.807, 2.05) is 18.2 Å². The monoisotopic (exact) mass is 218 g/mol. The number of aliphatic carboxylic acids is 1. The Kier molecular flexibility index (Phi) is 1.96. The first-order chi connectivity index (χ1) is 7.74. The lowest BCUT2D eigenvalue weighted by Crippen LogP contribution is -2.42. The molecule has 1 saturated carbocycles. The van der Waals surface area contributed by atoms with Crippen molar-refractivity contribution in [3.05, 3.63) is 29.3 Å². The van der Waals surface area contributed by atoms with Crippen LogP contribution in [0.3, 0.4) is 0 Å². The average Bonchev–Trinajstić information content (AvgIpc) is 2.63. The number of benzene rings is 1. The highest BCUT2D eigenvalue weighted by Crippen LogP contribution is 2.49. The zero-order valence-electron chi connectivity index (χ0n) is 9.03. The van der Waals surface area contributed by atoms with Gasteiger partial charge in [-0.3, -0.25) is 4.79 Å². The van der Waals surface area contributed by atoms with E-state index < -0.39 is 11.4 Å². The molecule has 1 N–H and O–H groups in total. The van der Waals surface area contributed by atoms with Crippen molar-refractivity contribution in [1.82, 2.24) is 0 Å². The topological polar surface area (TPSA) is 46.5 Å². The number of fused-ring (bicyclic) bond motifs is 1. The Morgan fingerprint density at radius 1 is 1.38 bits per heavy atom. The highest BCUT2D eigenvalue weighted by atomic mass is 16.5. The van der Waals surface area contributed by atoms with Crippen LogP contribution in [-0.4, -0.2) is 17.7 Å². The minimum absolute atomic E-state index is 0.671. The Hall–Kier alpha value is -1.51. The summed E-state index contributed by atoms with van der Waals surface area (Å²) >= 11 is 0. The molecule has 1 aliphatic carbocycles. The number of rotatable bonds is 2. The minimum Gasteiger partial charge on any atom is -0.493 e. The third-order valence-electron chi connectivity index (χ3n) is 3.85. The first-order valence-corrected chi connectivity index (χ1v) is 5.73. The lowest BCUT2D eigenvalue weighted by Gasteiger charge is -2.38. The van der Waals surface area contributed by atoms with E-state index in [2.05, 4.69) is 0 Å². The van der Waals surface area contributed by atoms with Crippen molar-refractivity contribution in [2.24, 2.45) is 0 Å². The Morgan fingerprint density at radius 3 is 2.81 bits per heavy atom. The third kappa shape index (κ3) is 1.11. The number of hydrogen-bond acceptors (Lipinski definition) is 2. The summed E-state index contributed by atoms with van der Waals surface area (Å²) in [5.74, 6) is 0.132. The predicted molar refractivity (Wildman–Crippen MR) is 58.8 cm³/mol. The first kappa shape index (κ1) is 9.70. The van der Waals surface area contributed by atoms with Gasteiger partial charge in [0.2, 0.25) is 0 Å². The molecule has 3 rings (SSSR count). The predicted octanol–water partition coefficient (Wildman–Crippen LogP) is 2.13. The quantitative estimate of drug-likeness (QED) is 0.827. The van der Waals surface area contributed by atoms with Crippen LogP contribution in [0.1, 0.15) is 30.4 Å². The Morgan fingerprint density at radius 2 is 2.19 bits per heavy atom. The van der Waals surface area contributed by atoms with Crippen molar-refractivity contribution in [1.29, 1.82) is 0 Å². The molecule has 16 heavy (non-hydrogen) atoms. The molecule has 3 heteroatoms. The average molecular weight is 218 g/mol. The van der Waals surface area contributed by atoms with Gasteiger partial charge in [0.15, 0.2) is 0 Å². The summed E-state index contributed by atoms with van der Waals surface area (Å²) in [4.78, 5) is 11.4. The van der Waals surface area contributed by atoms with Crippen molar-refractivity contribution in [2.45, 2.75) is 31.1 Å². The van der Waals surface area contributed by atoms with Gasteiger partial charge in [0.05, 0.1) is 12.0 Å². The Balaban J connectivity index is 2.13. The van der Waals surface area contributed by atoms with Crippen molar-refractivity contribution in [3.63, 3.8) is 0 Å². The van der Waals surface area contributed by atoms with Gasteiger partial charge < -0.3 is 9.84 Å². The molecule has 0 spiro atoms.